The van der Waals surface area contributed by atoms with Gasteiger partial charge >= 0.3 is 0 Å². The van der Waals surface area contributed by atoms with Crippen molar-refractivity contribution in [2.24, 2.45) is 0 Å². The summed E-state index contributed by atoms with van der Waals surface area (Å²) in [4.78, 5) is 0. The van der Waals surface area contributed by atoms with Crippen molar-refractivity contribution in [3.05, 3.63) is 63.7 Å². The van der Waals surface area contributed by atoms with Gasteiger partial charge in [0.15, 0.2) is 0 Å². The van der Waals surface area contributed by atoms with Crippen LogP contribution in [0.5, 0.6) is 0 Å². The zero-order valence-electron chi connectivity index (χ0n) is 11.1. The second-order valence-electron chi connectivity index (χ2n) is 5.11. The fraction of sp³-hybridized carbons (Fsp3) is 0.235. The first-order valence-electron chi connectivity index (χ1n) is 6.80. The maximum Gasteiger partial charge on any atom is 0.101 e. The average Bonchev–Trinajstić information content (AvgIpc) is 2.92. The SMILES string of the molecule is N#Cc1ccc(Cl)cc1NCc1ccc2c(c1)CCC2. The van der Waals surface area contributed by atoms with Crippen LogP contribution in [0.2, 0.25) is 5.02 Å². The lowest BCUT2D eigenvalue weighted by Crippen LogP contribution is -2.02. The van der Waals surface area contributed by atoms with E-state index >= 15 is 0 Å². The van der Waals surface area contributed by atoms with E-state index in [1.165, 1.54) is 36.0 Å². The molecule has 3 rings (SSSR count). The third-order valence-corrected chi connectivity index (χ3v) is 3.98. The molecule has 0 fully saturated rings. The summed E-state index contributed by atoms with van der Waals surface area (Å²) in [6.45, 7) is 0.711. The number of aryl methyl sites for hydroxylation is 2. The standard InChI is InChI=1S/C17H15ClN2/c18-16-7-6-15(10-19)17(9-16)20-11-12-4-5-13-2-1-3-14(13)8-12/h4-9,20H,1-3,11H2. The van der Waals surface area contributed by atoms with Gasteiger partial charge < -0.3 is 5.32 Å². The second-order valence-corrected chi connectivity index (χ2v) is 5.55. The minimum absolute atomic E-state index is 0.621. The number of hydrogen-bond acceptors (Lipinski definition) is 2. The van der Waals surface area contributed by atoms with E-state index in [1.807, 2.05) is 0 Å². The largest absolute Gasteiger partial charge is 0.380 e. The zero-order chi connectivity index (χ0) is 13.9. The number of hydrogen-bond donors (Lipinski definition) is 1. The van der Waals surface area contributed by atoms with Crippen LogP contribution in [-0.4, -0.2) is 0 Å². The topological polar surface area (TPSA) is 35.8 Å². The van der Waals surface area contributed by atoms with Crippen molar-refractivity contribution >= 4 is 17.3 Å². The Bertz CT molecular complexity index is 686. The van der Waals surface area contributed by atoms with E-state index in [-0.39, 0.29) is 0 Å². The molecule has 0 aliphatic heterocycles. The number of nitrogens with one attached hydrogen (secondary N) is 1. The predicted octanol–water partition coefficient (Wildman–Crippen LogP) is 4.31. The van der Waals surface area contributed by atoms with Crippen LogP contribution in [0.3, 0.4) is 0 Å². The van der Waals surface area contributed by atoms with E-state index < -0.39 is 0 Å². The van der Waals surface area contributed by atoms with Gasteiger partial charge in [0.2, 0.25) is 0 Å². The molecular formula is C17H15ClN2. The number of benzene rings is 2. The summed E-state index contributed by atoms with van der Waals surface area (Å²) >= 11 is 5.98. The molecular weight excluding hydrogens is 268 g/mol. The Hall–Kier alpha value is -1.98. The van der Waals surface area contributed by atoms with Crippen LogP contribution >= 0.6 is 11.6 Å². The fourth-order valence-corrected chi connectivity index (χ4v) is 2.86. The molecule has 2 aromatic carbocycles. The van der Waals surface area contributed by atoms with Crippen LogP contribution < -0.4 is 5.32 Å². The number of nitrogens with zero attached hydrogens (tertiary/aromatic N) is 1. The molecule has 0 radical (unpaired) electrons. The van der Waals surface area contributed by atoms with Gasteiger partial charge in [0, 0.05) is 11.6 Å². The summed E-state index contributed by atoms with van der Waals surface area (Å²) in [6, 6.07) is 14.1. The Morgan fingerprint density at radius 1 is 1.10 bits per heavy atom. The third-order valence-electron chi connectivity index (χ3n) is 3.75. The van der Waals surface area contributed by atoms with E-state index in [0.717, 1.165) is 5.69 Å². The molecule has 0 saturated heterocycles. The van der Waals surface area contributed by atoms with Crippen LogP contribution in [0.25, 0.3) is 0 Å². The van der Waals surface area contributed by atoms with E-state index in [0.29, 0.717) is 17.1 Å². The van der Waals surface area contributed by atoms with E-state index in [1.54, 1.807) is 18.2 Å². The van der Waals surface area contributed by atoms with Crippen LogP contribution in [0, 0.1) is 11.3 Å². The second kappa shape index (κ2) is 5.56. The molecule has 0 aromatic heterocycles. The Morgan fingerprint density at radius 2 is 1.95 bits per heavy atom. The van der Waals surface area contributed by atoms with Crippen molar-refractivity contribution in [2.75, 3.05) is 5.32 Å². The minimum atomic E-state index is 0.621. The Labute approximate surface area is 124 Å². The Kier molecular flexibility index (Phi) is 3.62. The van der Waals surface area contributed by atoms with Gasteiger partial charge in [-0.25, -0.2) is 0 Å². The molecule has 0 bridgehead atoms. The molecule has 0 unspecified atom stereocenters. The molecule has 1 N–H and O–H groups in total. The van der Waals surface area contributed by atoms with Gasteiger partial charge in [-0.3, -0.25) is 0 Å². The smallest absolute Gasteiger partial charge is 0.101 e. The Balaban J connectivity index is 1.77. The molecule has 1 aliphatic carbocycles. The van der Waals surface area contributed by atoms with Crippen molar-refractivity contribution in [3.8, 4) is 6.07 Å². The maximum atomic E-state index is 9.10. The number of nitriles is 1. The molecule has 0 heterocycles. The first-order chi connectivity index (χ1) is 9.76. The van der Waals surface area contributed by atoms with E-state index in [2.05, 4.69) is 29.6 Å². The molecule has 0 amide bonds. The lowest BCUT2D eigenvalue weighted by molar-refractivity contribution is 0.911. The van der Waals surface area contributed by atoms with Gasteiger partial charge in [-0.1, -0.05) is 29.8 Å². The molecule has 0 atom stereocenters. The van der Waals surface area contributed by atoms with Gasteiger partial charge in [-0.15, -0.1) is 0 Å². The summed E-state index contributed by atoms with van der Waals surface area (Å²) in [5, 5.41) is 13.0. The molecule has 3 heteroatoms. The molecule has 0 saturated carbocycles. The predicted molar refractivity (Wildman–Crippen MR) is 82.0 cm³/mol. The highest BCUT2D eigenvalue weighted by molar-refractivity contribution is 6.30. The van der Waals surface area contributed by atoms with Crippen LogP contribution in [0.4, 0.5) is 5.69 Å². The first-order valence-corrected chi connectivity index (χ1v) is 7.18. The van der Waals surface area contributed by atoms with Crippen LogP contribution in [0.15, 0.2) is 36.4 Å². The average molecular weight is 283 g/mol. The first kappa shape index (κ1) is 13.0. The van der Waals surface area contributed by atoms with E-state index in [9.17, 15) is 0 Å². The summed E-state index contributed by atoms with van der Waals surface area (Å²) in [5.41, 5.74) is 5.61. The summed E-state index contributed by atoms with van der Waals surface area (Å²) in [5.74, 6) is 0. The Morgan fingerprint density at radius 3 is 2.80 bits per heavy atom. The third kappa shape index (κ3) is 2.64. The fourth-order valence-electron chi connectivity index (χ4n) is 2.69. The van der Waals surface area contributed by atoms with E-state index in [4.69, 9.17) is 16.9 Å². The van der Waals surface area contributed by atoms with Gasteiger partial charge in [0.1, 0.15) is 6.07 Å². The van der Waals surface area contributed by atoms with Crippen molar-refractivity contribution in [3.63, 3.8) is 0 Å². The van der Waals surface area contributed by atoms with Gasteiger partial charge in [-0.2, -0.15) is 5.26 Å². The highest BCUT2D eigenvalue weighted by atomic mass is 35.5. The molecule has 2 aromatic rings. The van der Waals surface area contributed by atoms with Gasteiger partial charge in [0.05, 0.1) is 11.3 Å². The number of halogens is 1. The summed E-state index contributed by atoms with van der Waals surface area (Å²) in [6.07, 6.45) is 3.65. The maximum absolute atomic E-state index is 9.10. The lowest BCUT2D eigenvalue weighted by Gasteiger charge is -2.10. The van der Waals surface area contributed by atoms with Gasteiger partial charge in [0.25, 0.3) is 0 Å². The van der Waals surface area contributed by atoms with Crippen molar-refractivity contribution in [2.45, 2.75) is 25.8 Å². The van der Waals surface area contributed by atoms with Crippen molar-refractivity contribution in [1.82, 2.24) is 0 Å². The van der Waals surface area contributed by atoms with Crippen molar-refractivity contribution < 1.29 is 0 Å². The molecule has 20 heavy (non-hydrogen) atoms. The molecule has 100 valence electrons. The van der Waals surface area contributed by atoms with Gasteiger partial charge in [-0.05, 0) is 54.2 Å². The minimum Gasteiger partial charge on any atom is -0.380 e. The summed E-state index contributed by atoms with van der Waals surface area (Å²) < 4.78 is 0. The molecule has 1 aliphatic rings. The zero-order valence-corrected chi connectivity index (χ0v) is 11.9. The number of fused-ring (bicyclic) bond motifs is 1. The quantitative estimate of drug-likeness (QED) is 0.910. The highest BCUT2D eigenvalue weighted by Gasteiger charge is 2.11. The summed E-state index contributed by atoms with van der Waals surface area (Å²) in [7, 11) is 0. The number of rotatable bonds is 3. The van der Waals surface area contributed by atoms with Crippen LogP contribution in [-0.2, 0) is 19.4 Å². The lowest BCUT2D eigenvalue weighted by atomic mass is 10.1. The van der Waals surface area contributed by atoms with Crippen molar-refractivity contribution in [1.29, 1.82) is 5.26 Å². The normalized spacial score (nSPS) is 12.8. The monoisotopic (exact) mass is 282 g/mol. The van der Waals surface area contributed by atoms with Crippen LogP contribution in [0.1, 0.15) is 28.7 Å². The molecule has 2 nitrogen and oxygen atoms in total. The number of anilines is 1. The highest BCUT2D eigenvalue weighted by Crippen LogP contribution is 2.24. The molecule has 0 spiro atoms.